The van der Waals surface area contributed by atoms with Gasteiger partial charge in [0.05, 0.1) is 17.2 Å². The molecule has 0 radical (unpaired) electrons. The number of hydrogen-bond donors (Lipinski definition) is 0. The van der Waals surface area contributed by atoms with E-state index >= 15 is 0 Å². The summed E-state index contributed by atoms with van der Waals surface area (Å²) in [7, 11) is 0. The van der Waals surface area contributed by atoms with Gasteiger partial charge in [0.15, 0.2) is 0 Å². The molecule has 1 aliphatic rings. The Morgan fingerprint density at radius 2 is 1.87 bits per heavy atom. The summed E-state index contributed by atoms with van der Waals surface area (Å²) >= 11 is 0. The van der Waals surface area contributed by atoms with Gasteiger partial charge in [0.1, 0.15) is 5.82 Å². The molecule has 3 rings (SSSR count). The van der Waals surface area contributed by atoms with Gasteiger partial charge >= 0.3 is 6.18 Å². The molecule has 2 nitrogen and oxygen atoms in total. The molecule has 2 aromatic carbocycles. The lowest BCUT2D eigenvalue weighted by Gasteiger charge is -2.47. The van der Waals surface area contributed by atoms with E-state index < -0.39 is 17.6 Å². The average molecular weight is 416 g/mol. The number of benzene rings is 2. The number of hydrogen-bond acceptors (Lipinski definition) is 2. The fraction of sp³-hybridized carbons (Fsp3) is 0.375. The maximum absolute atomic E-state index is 15.0. The second-order valence-electron chi connectivity index (χ2n) is 8.34. The van der Waals surface area contributed by atoms with Gasteiger partial charge in [-0.25, -0.2) is 4.39 Å². The molecule has 30 heavy (non-hydrogen) atoms. The van der Waals surface area contributed by atoms with E-state index in [0.29, 0.717) is 5.56 Å². The molecule has 0 N–H and O–H groups in total. The molecule has 158 valence electrons. The molecule has 0 saturated carbocycles. The van der Waals surface area contributed by atoms with E-state index in [2.05, 4.69) is 25.7 Å². The van der Waals surface area contributed by atoms with Gasteiger partial charge in [0.2, 0.25) is 0 Å². The zero-order chi connectivity index (χ0) is 22.3. The summed E-state index contributed by atoms with van der Waals surface area (Å²) in [5.41, 5.74) is 1.65. The molecule has 0 bridgehead atoms. The van der Waals surface area contributed by atoms with Crippen LogP contribution in [0.5, 0.6) is 0 Å². The van der Waals surface area contributed by atoms with Crippen molar-refractivity contribution in [3.8, 4) is 6.07 Å². The third-order valence-corrected chi connectivity index (χ3v) is 5.76. The van der Waals surface area contributed by atoms with Crippen molar-refractivity contribution in [3.05, 3.63) is 64.5 Å². The number of alkyl halides is 3. The van der Waals surface area contributed by atoms with Crippen molar-refractivity contribution < 1.29 is 17.6 Å². The van der Waals surface area contributed by atoms with Crippen LogP contribution in [-0.2, 0) is 6.18 Å². The largest absolute Gasteiger partial charge is 0.416 e. The first-order chi connectivity index (χ1) is 14.0. The van der Waals surface area contributed by atoms with Crippen LogP contribution in [0.4, 0.5) is 23.2 Å². The first-order valence-electron chi connectivity index (χ1n) is 9.88. The number of allylic oxidation sites excluding steroid dienone is 1. The molecule has 0 amide bonds. The number of nitrogens with zero attached hydrogens (tertiary/aromatic N) is 2. The van der Waals surface area contributed by atoms with Gasteiger partial charge in [0.25, 0.3) is 0 Å². The van der Waals surface area contributed by atoms with Gasteiger partial charge in [-0.2, -0.15) is 18.4 Å². The Balaban J connectivity index is 2.05. The molecule has 1 heterocycles. The predicted molar refractivity (Wildman–Crippen MR) is 111 cm³/mol. The molecule has 0 aromatic heterocycles. The van der Waals surface area contributed by atoms with Gasteiger partial charge in [0, 0.05) is 23.3 Å². The molecule has 0 fully saturated rings. The lowest BCUT2D eigenvalue weighted by Crippen LogP contribution is -2.48. The molecule has 2 aromatic rings. The molecule has 0 saturated heterocycles. The molecular weight excluding hydrogens is 392 g/mol. The Labute approximate surface area is 174 Å². The van der Waals surface area contributed by atoms with E-state index in [4.69, 9.17) is 0 Å². The minimum Gasteiger partial charge on any atom is -0.366 e. The Hall–Kier alpha value is -2.81. The number of halogens is 4. The van der Waals surface area contributed by atoms with E-state index in [9.17, 15) is 22.8 Å². The Morgan fingerprint density at radius 1 is 1.23 bits per heavy atom. The topological polar surface area (TPSA) is 27.0 Å². The molecule has 1 aliphatic heterocycles. The van der Waals surface area contributed by atoms with Crippen LogP contribution in [-0.4, -0.2) is 12.1 Å². The lowest BCUT2D eigenvalue weighted by molar-refractivity contribution is -0.137. The van der Waals surface area contributed by atoms with Gasteiger partial charge in [-0.1, -0.05) is 19.1 Å². The number of fused-ring (bicyclic) bond motifs is 1. The predicted octanol–water partition coefficient (Wildman–Crippen LogP) is 7.02. The third-order valence-electron chi connectivity index (χ3n) is 5.76. The zero-order valence-electron chi connectivity index (χ0n) is 17.4. The highest BCUT2D eigenvalue weighted by atomic mass is 19.4. The summed E-state index contributed by atoms with van der Waals surface area (Å²) < 4.78 is 53.3. The van der Waals surface area contributed by atoms with E-state index in [0.717, 1.165) is 36.3 Å². The van der Waals surface area contributed by atoms with Crippen molar-refractivity contribution in [2.45, 2.75) is 51.7 Å². The Kier molecular flexibility index (Phi) is 5.68. The Bertz CT molecular complexity index is 1010. The number of rotatable bonds is 3. The van der Waals surface area contributed by atoms with Crippen molar-refractivity contribution in [1.29, 1.82) is 5.26 Å². The average Bonchev–Trinajstić information content (AvgIpc) is 2.66. The van der Waals surface area contributed by atoms with Gasteiger partial charge in [-0.3, -0.25) is 0 Å². The van der Waals surface area contributed by atoms with E-state index in [1.54, 1.807) is 6.07 Å². The fourth-order valence-corrected chi connectivity index (χ4v) is 4.40. The van der Waals surface area contributed by atoms with Crippen molar-refractivity contribution in [1.82, 2.24) is 0 Å². The van der Waals surface area contributed by atoms with E-state index in [1.165, 1.54) is 24.3 Å². The van der Waals surface area contributed by atoms with Gasteiger partial charge in [-0.15, -0.1) is 0 Å². The highest BCUT2D eigenvalue weighted by Crippen LogP contribution is 2.44. The molecular formula is C24H24F4N2. The summed E-state index contributed by atoms with van der Waals surface area (Å²) in [5.74, 6) is -0.251. The van der Waals surface area contributed by atoms with Crippen LogP contribution < -0.4 is 4.90 Å². The third kappa shape index (κ3) is 4.07. The monoisotopic (exact) mass is 416 g/mol. The fourth-order valence-electron chi connectivity index (χ4n) is 4.40. The summed E-state index contributed by atoms with van der Waals surface area (Å²) in [6, 6.07) is 9.56. The SMILES string of the molecule is CCN1c2cc(F)c(/C=C(\C#N)c3ccc(C(F)(F)F)cc3)cc2C(C)CC1(C)C. The van der Waals surface area contributed by atoms with Crippen LogP contribution >= 0.6 is 0 Å². The normalized spacial score (nSPS) is 18.7. The first kappa shape index (κ1) is 21.9. The summed E-state index contributed by atoms with van der Waals surface area (Å²) in [6.45, 7) is 9.15. The second kappa shape index (κ2) is 7.79. The Morgan fingerprint density at radius 3 is 2.40 bits per heavy atom. The van der Waals surface area contributed by atoms with Crippen LogP contribution in [0.25, 0.3) is 11.6 Å². The lowest BCUT2D eigenvalue weighted by atomic mass is 9.79. The summed E-state index contributed by atoms with van der Waals surface area (Å²) in [4.78, 5) is 2.18. The van der Waals surface area contributed by atoms with Crippen LogP contribution in [0.3, 0.4) is 0 Å². The van der Waals surface area contributed by atoms with Crippen molar-refractivity contribution in [2.24, 2.45) is 0 Å². The standard InChI is InChI=1S/C24H24F4N2/c1-5-30-22-12-21(25)17(11-20(22)15(2)13-23(30,3)4)10-18(14-29)16-6-8-19(9-7-16)24(26,27)28/h6-12,15H,5,13H2,1-4H3/b18-10+. The van der Waals surface area contributed by atoms with E-state index in [-0.39, 0.29) is 22.6 Å². The van der Waals surface area contributed by atoms with Crippen molar-refractivity contribution in [2.75, 3.05) is 11.4 Å². The molecule has 1 atom stereocenters. The van der Waals surface area contributed by atoms with Crippen molar-refractivity contribution in [3.63, 3.8) is 0 Å². The van der Waals surface area contributed by atoms with Gasteiger partial charge < -0.3 is 4.90 Å². The minimum atomic E-state index is -4.45. The zero-order valence-corrected chi connectivity index (χ0v) is 17.4. The van der Waals surface area contributed by atoms with Crippen molar-refractivity contribution >= 4 is 17.3 Å². The summed E-state index contributed by atoms with van der Waals surface area (Å²) in [6.07, 6.45) is -2.14. The molecule has 0 spiro atoms. The second-order valence-corrected chi connectivity index (χ2v) is 8.34. The highest BCUT2D eigenvalue weighted by Gasteiger charge is 2.36. The summed E-state index contributed by atoms with van der Waals surface area (Å²) in [5, 5.41) is 9.53. The first-order valence-corrected chi connectivity index (χ1v) is 9.88. The van der Waals surface area contributed by atoms with Crippen LogP contribution in [0.15, 0.2) is 36.4 Å². The minimum absolute atomic E-state index is 0.0942. The maximum Gasteiger partial charge on any atom is 0.416 e. The maximum atomic E-state index is 15.0. The van der Waals surface area contributed by atoms with Crippen LogP contribution in [0.2, 0.25) is 0 Å². The highest BCUT2D eigenvalue weighted by molar-refractivity contribution is 5.90. The van der Waals surface area contributed by atoms with Crippen LogP contribution in [0, 0.1) is 17.1 Å². The van der Waals surface area contributed by atoms with Gasteiger partial charge in [-0.05, 0) is 74.6 Å². The number of anilines is 1. The quantitative estimate of drug-likeness (QED) is 0.305. The molecule has 0 aliphatic carbocycles. The smallest absolute Gasteiger partial charge is 0.366 e. The molecule has 1 unspecified atom stereocenters. The molecule has 6 heteroatoms. The number of nitriles is 1. The van der Waals surface area contributed by atoms with E-state index in [1.807, 2.05) is 13.0 Å². The van der Waals surface area contributed by atoms with Crippen LogP contribution in [0.1, 0.15) is 62.3 Å².